The Morgan fingerprint density at radius 1 is 1.13 bits per heavy atom. The Hall–Kier alpha value is -5.07. The van der Waals surface area contributed by atoms with Crippen LogP contribution in [-0.4, -0.2) is 59.6 Å². The lowest BCUT2D eigenvalue weighted by molar-refractivity contribution is -0.129. The number of benzene rings is 2. The summed E-state index contributed by atoms with van der Waals surface area (Å²) in [6, 6.07) is 11.4. The van der Waals surface area contributed by atoms with Crippen molar-refractivity contribution in [3.8, 4) is 39.5 Å². The van der Waals surface area contributed by atoms with Gasteiger partial charge >= 0.3 is 0 Å². The van der Waals surface area contributed by atoms with Gasteiger partial charge in [0, 0.05) is 50.2 Å². The molecule has 12 heteroatoms. The Morgan fingerprint density at radius 2 is 1.93 bits per heavy atom. The van der Waals surface area contributed by atoms with Crippen molar-refractivity contribution >= 4 is 38.1 Å². The maximum Gasteiger partial charge on any atom is 0.246 e. The third-order valence-electron chi connectivity index (χ3n) is 8.04. The minimum atomic E-state index is -0.874. The molecule has 1 N–H and O–H groups in total. The van der Waals surface area contributed by atoms with Gasteiger partial charge in [0.15, 0.2) is 0 Å². The number of aromatic nitrogens is 5. The van der Waals surface area contributed by atoms with Gasteiger partial charge < -0.3 is 14.7 Å². The van der Waals surface area contributed by atoms with Gasteiger partial charge in [0.25, 0.3) is 0 Å². The van der Waals surface area contributed by atoms with E-state index in [1.165, 1.54) is 24.3 Å². The molecule has 6 aromatic rings. The number of hydrogen-bond acceptors (Lipinski definition) is 8. The fourth-order valence-electron chi connectivity index (χ4n) is 5.87. The second-order valence-electron chi connectivity index (χ2n) is 11.3. The monoisotopic (exact) mass is 638 g/mol. The van der Waals surface area contributed by atoms with E-state index in [0.29, 0.717) is 40.4 Å². The Bertz CT molecular complexity index is 2160. The number of hydrogen-bond donors (Lipinski definition) is 1. The molecule has 4 aromatic heterocycles. The van der Waals surface area contributed by atoms with Crippen LogP contribution in [0.3, 0.4) is 0 Å². The molecule has 0 aliphatic carbocycles. The quantitative estimate of drug-likeness (QED) is 0.202. The van der Waals surface area contributed by atoms with Crippen molar-refractivity contribution in [1.82, 2.24) is 29.9 Å². The molecule has 0 saturated heterocycles. The lowest BCUT2D eigenvalue weighted by atomic mass is 9.96. The number of fused-ring (bicyclic) bond motifs is 3. The van der Waals surface area contributed by atoms with Crippen LogP contribution >= 0.6 is 11.3 Å². The van der Waals surface area contributed by atoms with Gasteiger partial charge in [-0.05, 0) is 43.5 Å². The van der Waals surface area contributed by atoms with Gasteiger partial charge in [-0.25, -0.2) is 13.8 Å². The summed E-state index contributed by atoms with van der Waals surface area (Å²) in [5, 5.41) is 27.3. The summed E-state index contributed by atoms with van der Waals surface area (Å²) in [6.07, 6.45) is 3.78. The van der Waals surface area contributed by atoms with Crippen LogP contribution in [0.2, 0.25) is 0 Å². The first-order chi connectivity index (χ1) is 22.2. The van der Waals surface area contributed by atoms with Crippen LogP contribution in [0.4, 0.5) is 8.78 Å². The van der Waals surface area contributed by atoms with Crippen molar-refractivity contribution in [2.24, 2.45) is 0 Å². The predicted molar refractivity (Wildman–Crippen MR) is 172 cm³/mol. The molecule has 0 saturated carbocycles. The number of carbonyl (C=O) groups excluding carboxylic acids is 1. The van der Waals surface area contributed by atoms with Crippen molar-refractivity contribution in [2.75, 3.05) is 6.61 Å². The molecular weight excluding hydrogens is 610 g/mol. The molecule has 1 amide bonds. The van der Waals surface area contributed by atoms with E-state index in [0.717, 1.165) is 39.5 Å². The zero-order valence-electron chi connectivity index (χ0n) is 24.9. The van der Waals surface area contributed by atoms with E-state index < -0.39 is 17.7 Å². The van der Waals surface area contributed by atoms with Gasteiger partial charge in [0.2, 0.25) is 5.91 Å². The molecule has 2 unspecified atom stereocenters. The maximum absolute atomic E-state index is 16.0. The lowest BCUT2D eigenvalue weighted by Gasteiger charge is -2.33. The van der Waals surface area contributed by atoms with Crippen molar-refractivity contribution in [3.05, 3.63) is 90.2 Å². The number of rotatable bonds is 7. The minimum Gasteiger partial charge on any atom is -0.490 e. The largest absolute Gasteiger partial charge is 0.490 e. The fourth-order valence-corrected chi connectivity index (χ4v) is 6.82. The number of halogens is 2. The van der Waals surface area contributed by atoms with Gasteiger partial charge in [-0.15, -0.1) is 11.3 Å². The van der Waals surface area contributed by atoms with Gasteiger partial charge in [0.1, 0.15) is 35.4 Å². The first-order valence-electron chi connectivity index (χ1n) is 14.6. The zero-order valence-corrected chi connectivity index (χ0v) is 25.8. The molecule has 0 bridgehead atoms. The fraction of sp³-hybridized carbons (Fsp3) is 0.206. The van der Waals surface area contributed by atoms with E-state index in [9.17, 15) is 14.3 Å². The van der Waals surface area contributed by atoms with Crippen LogP contribution in [0.5, 0.6) is 5.75 Å². The predicted octanol–water partition coefficient (Wildman–Crippen LogP) is 6.39. The summed E-state index contributed by atoms with van der Waals surface area (Å²) in [7, 11) is 0. The van der Waals surface area contributed by atoms with Crippen molar-refractivity contribution in [3.63, 3.8) is 0 Å². The van der Waals surface area contributed by atoms with Gasteiger partial charge in [-0.3, -0.25) is 9.48 Å². The van der Waals surface area contributed by atoms with E-state index in [1.54, 1.807) is 17.3 Å². The van der Waals surface area contributed by atoms with Crippen LogP contribution in [-0.2, 0) is 17.9 Å². The average Bonchev–Trinajstić information content (AvgIpc) is 3.69. The second kappa shape index (κ2) is 11.7. The SMILES string of the molecule is C=CC(=O)N1Cc2cc(-c3nc(-c4ccc5cnncc5c4)c4ccsc4c3-c3c(F)cc(F)cc3OCC(C)O)nn2CC1C. The third kappa shape index (κ3) is 5.19. The highest BCUT2D eigenvalue weighted by molar-refractivity contribution is 7.18. The molecular formula is C34H28F2N6O3S. The van der Waals surface area contributed by atoms with Crippen LogP contribution in [0.1, 0.15) is 19.5 Å². The molecule has 0 spiro atoms. The highest BCUT2D eigenvalue weighted by atomic mass is 32.1. The maximum atomic E-state index is 16.0. The average molecular weight is 639 g/mol. The van der Waals surface area contributed by atoms with Crippen LogP contribution in [0.15, 0.2) is 72.9 Å². The van der Waals surface area contributed by atoms with E-state index in [2.05, 4.69) is 16.8 Å². The van der Waals surface area contributed by atoms with Crippen molar-refractivity contribution in [1.29, 1.82) is 0 Å². The molecule has 2 aromatic carbocycles. The van der Waals surface area contributed by atoms with Crippen molar-refractivity contribution in [2.45, 2.75) is 39.1 Å². The van der Waals surface area contributed by atoms with Gasteiger partial charge in [0.05, 0.1) is 48.5 Å². The van der Waals surface area contributed by atoms with E-state index in [1.807, 2.05) is 47.3 Å². The number of pyridine rings is 1. The molecule has 232 valence electrons. The highest BCUT2D eigenvalue weighted by Crippen LogP contribution is 2.47. The van der Waals surface area contributed by atoms with E-state index in [-0.39, 0.29) is 29.9 Å². The number of ether oxygens (including phenoxy) is 1. The first kappa shape index (κ1) is 29.6. The molecule has 1 aliphatic heterocycles. The third-order valence-corrected chi connectivity index (χ3v) is 8.97. The number of nitrogens with zero attached hydrogens (tertiary/aromatic N) is 6. The standard InChI is InChI=1S/C34H28F2N6O3S/c1-4-29(44)41-16-24-12-27(40-42(24)15-18(41)2)33-31(30-26(36)10-23(35)11-28(30)45-17-19(3)43)34-25(7-8-46-34)32(39-33)20-5-6-21-13-37-38-14-22(21)9-20/h4-14,18-19,43H,1,15-17H2,2-3H3. The van der Waals surface area contributed by atoms with Gasteiger partial charge in [-0.2, -0.15) is 15.3 Å². The summed E-state index contributed by atoms with van der Waals surface area (Å²) in [5.74, 6) is -1.89. The van der Waals surface area contributed by atoms with Crippen LogP contribution in [0.25, 0.3) is 54.6 Å². The summed E-state index contributed by atoms with van der Waals surface area (Å²) in [6.45, 7) is 7.68. The molecule has 0 fully saturated rings. The normalized spacial score (nSPS) is 15.2. The van der Waals surface area contributed by atoms with Crippen LogP contribution in [0, 0.1) is 11.6 Å². The summed E-state index contributed by atoms with van der Waals surface area (Å²) in [4.78, 5) is 19.5. The Labute approximate surface area is 266 Å². The molecule has 2 atom stereocenters. The molecule has 1 aliphatic rings. The van der Waals surface area contributed by atoms with Crippen LogP contribution < -0.4 is 4.74 Å². The molecule has 9 nitrogen and oxygen atoms in total. The Kier molecular flexibility index (Phi) is 7.53. The second-order valence-corrected chi connectivity index (χ2v) is 12.2. The van der Waals surface area contributed by atoms with E-state index in [4.69, 9.17) is 14.8 Å². The Balaban J connectivity index is 1.50. The number of aliphatic hydroxyl groups excluding tert-OH is 1. The molecule has 5 heterocycles. The number of aliphatic hydroxyl groups is 1. The topological polar surface area (TPSA) is 106 Å². The first-order valence-corrected chi connectivity index (χ1v) is 15.5. The number of amides is 1. The van der Waals surface area contributed by atoms with Gasteiger partial charge in [-0.1, -0.05) is 18.7 Å². The number of thiophene rings is 1. The summed E-state index contributed by atoms with van der Waals surface area (Å²) >= 11 is 1.39. The molecule has 46 heavy (non-hydrogen) atoms. The minimum absolute atomic E-state index is 0.0140. The summed E-state index contributed by atoms with van der Waals surface area (Å²) < 4.78 is 38.9. The molecule has 0 radical (unpaired) electrons. The smallest absolute Gasteiger partial charge is 0.246 e. The molecule has 7 rings (SSSR count). The summed E-state index contributed by atoms with van der Waals surface area (Å²) in [5.41, 5.74) is 3.45. The number of carbonyl (C=O) groups is 1. The van der Waals surface area contributed by atoms with Crippen molar-refractivity contribution < 1.29 is 23.4 Å². The highest BCUT2D eigenvalue weighted by Gasteiger charge is 2.30. The van der Waals surface area contributed by atoms with E-state index >= 15 is 4.39 Å². The lowest BCUT2D eigenvalue weighted by Crippen LogP contribution is -2.44. The Morgan fingerprint density at radius 3 is 2.72 bits per heavy atom. The zero-order chi connectivity index (χ0) is 32.1.